The van der Waals surface area contributed by atoms with E-state index in [1.165, 1.54) is 4.31 Å². The third-order valence-corrected chi connectivity index (χ3v) is 6.18. The van der Waals surface area contributed by atoms with Crippen molar-refractivity contribution in [3.05, 3.63) is 64.7 Å². The van der Waals surface area contributed by atoms with Crippen LogP contribution >= 0.6 is 0 Å². The Balaban J connectivity index is 2.25. The van der Waals surface area contributed by atoms with Crippen molar-refractivity contribution in [1.82, 2.24) is 5.32 Å². The lowest BCUT2D eigenvalue weighted by Gasteiger charge is -2.29. The van der Waals surface area contributed by atoms with Gasteiger partial charge < -0.3 is 5.32 Å². The number of hydrogen-bond acceptors (Lipinski definition) is 3. The number of amides is 1. The maximum Gasteiger partial charge on any atom is 0.244 e. The monoisotopic (exact) mass is 402 g/mol. The zero-order valence-electron chi connectivity index (χ0n) is 17.5. The topological polar surface area (TPSA) is 66.5 Å². The van der Waals surface area contributed by atoms with Crippen LogP contribution in [0, 0.1) is 13.8 Å². The standard InChI is InChI=1S/C22H30N2O3S/c1-7-19-9-11-20(12-10-19)24(28(6,26)27)18(5)22(25)23-17(4)21-13-8-15(2)14-16(21)3/h8-14,17-18H,7H2,1-6H3,(H,23,25). The molecular formula is C22H30N2O3S. The fraction of sp³-hybridized carbons (Fsp3) is 0.409. The van der Waals surface area contributed by atoms with E-state index < -0.39 is 16.1 Å². The van der Waals surface area contributed by atoms with E-state index in [9.17, 15) is 13.2 Å². The van der Waals surface area contributed by atoms with Crippen LogP contribution in [-0.2, 0) is 21.2 Å². The van der Waals surface area contributed by atoms with E-state index in [2.05, 4.69) is 11.4 Å². The molecule has 2 unspecified atom stereocenters. The number of carbonyl (C=O) groups excluding carboxylic acids is 1. The number of carbonyl (C=O) groups is 1. The van der Waals surface area contributed by atoms with Gasteiger partial charge in [-0.25, -0.2) is 8.42 Å². The van der Waals surface area contributed by atoms with Crippen LogP contribution in [0.4, 0.5) is 5.69 Å². The fourth-order valence-electron chi connectivity index (χ4n) is 3.41. The zero-order valence-corrected chi connectivity index (χ0v) is 18.3. The van der Waals surface area contributed by atoms with Gasteiger partial charge in [0.2, 0.25) is 15.9 Å². The van der Waals surface area contributed by atoms with Crippen molar-refractivity contribution in [2.75, 3.05) is 10.6 Å². The normalized spacial score (nSPS) is 13.6. The summed E-state index contributed by atoms with van der Waals surface area (Å²) < 4.78 is 26.0. The third-order valence-electron chi connectivity index (χ3n) is 4.94. The molecule has 0 radical (unpaired) electrons. The van der Waals surface area contributed by atoms with E-state index >= 15 is 0 Å². The van der Waals surface area contributed by atoms with Crippen molar-refractivity contribution in [2.45, 2.75) is 53.1 Å². The van der Waals surface area contributed by atoms with Crippen molar-refractivity contribution in [2.24, 2.45) is 0 Å². The molecule has 2 aromatic carbocycles. The van der Waals surface area contributed by atoms with E-state index in [1.54, 1.807) is 19.1 Å². The van der Waals surface area contributed by atoms with Gasteiger partial charge in [0.1, 0.15) is 6.04 Å². The molecule has 1 amide bonds. The predicted octanol–water partition coefficient (Wildman–Crippen LogP) is 3.90. The molecule has 2 aromatic rings. The van der Waals surface area contributed by atoms with E-state index in [1.807, 2.05) is 52.0 Å². The Morgan fingerprint density at radius 2 is 1.68 bits per heavy atom. The Morgan fingerprint density at radius 1 is 1.07 bits per heavy atom. The van der Waals surface area contributed by atoms with Gasteiger partial charge in [0.05, 0.1) is 18.0 Å². The SMILES string of the molecule is CCc1ccc(N(C(C)C(=O)NC(C)c2ccc(C)cc2C)S(C)(=O)=O)cc1. The molecule has 152 valence electrons. The van der Waals surface area contributed by atoms with Crippen LogP contribution < -0.4 is 9.62 Å². The van der Waals surface area contributed by atoms with Crippen LogP contribution in [0.5, 0.6) is 0 Å². The summed E-state index contributed by atoms with van der Waals surface area (Å²) in [6.07, 6.45) is 1.99. The molecule has 0 aliphatic rings. The Hall–Kier alpha value is -2.34. The van der Waals surface area contributed by atoms with Crippen molar-refractivity contribution < 1.29 is 13.2 Å². The largest absolute Gasteiger partial charge is 0.348 e. The quantitative estimate of drug-likeness (QED) is 0.764. The second-order valence-electron chi connectivity index (χ2n) is 7.35. The van der Waals surface area contributed by atoms with Crippen molar-refractivity contribution >= 4 is 21.6 Å². The molecule has 5 nitrogen and oxygen atoms in total. The molecule has 28 heavy (non-hydrogen) atoms. The first kappa shape index (κ1) is 22.0. The summed E-state index contributed by atoms with van der Waals surface area (Å²) in [5, 5.41) is 2.96. The zero-order chi connectivity index (χ0) is 21.1. The number of hydrogen-bond donors (Lipinski definition) is 1. The van der Waals surface area contributed by atoms with Crippen LogP contribution in [0.25, 0.3) is 0 Å². The summed E-state index contributed by atoms with van der Waals surface area (Å²) in [7, 11) is -3.62. The lowest BCUT2D eigenvalue weighted by atomic mass is 10.00. The molecule has 0 aromatic heterocycles. The second kappa shape index (κ2) is 8.78. The highest BCUT2D eigenvalue weighted by Gasteiger charge is 2.30. The molecule has 0 saturated carbocycles. The summed E-state index contributed by atoms with van der Waals surface area (Å²) in [4.78, 5) is 12.9. The van der Waals surface area contributed by atoms with Gasteiger partial charge in [-0.2, -0.15) is 0 Å². The average molecular weight is 403 g/mol. The Labute approximate surface area is 168 Å². The molecule has 0 aliphatic heterocycles. The number of benzene rings is 2. The van der Waals surface area contributed by atoms with Gasteiger partial charge >= 0.3 is 0 Å². The van der Waals surface area contributed by atoms with Crippen molar-refractivity contribution in [3.8, 4) is 0 Å². The number of nitrogens with zero attached hydrogens (tertiary/aromatic N) is 1. The summed E-state index contributed by atoms with van der Waals surface area (Å²) in [6.45, 7) is 9.58. The summed E-state index contributed by atoms with van der Waals surface area (Å²) in [6, 6.07) is 12.3. The summed E-state index contributed by atoms with van der Waals surface area (Å²) >= 11 is 0. The predicted molar refractivity (Wildman–Crippen MR) is 115 cm³/mol. The van der Waals surface area contributed by atoms with Gasteiger partial charge in [-0.15, -0.1) is 0 Å². The van der Waals surface area contributed by atoms with Gasteiger partial charge in [0.15, 0.2) is 0 Å². The van der Waals surface area contributed by atoms with Crippen LogP contribution in [0.2, 0.25) is 0 Å². The molecule has 0 aliphatic carbocycles. The van der Waals surface area contributed by atoms with E-state index in [0.717, 1.165) is 34.9 Å². The highest BCUT2D eigenvalue weighted by atomic mass is 32.2. The molecule has 6 heteroatoms. The maximum atomic E-state index is 12.9. The number of aryl methyl sites for hydroxylation is 3. The highest BCUT2D eigenvalue weighted by Crippen LogP contribution is 2.23. The lowest BCUT2D eigenvalue weighted by molar-refractivity contribution is -0.122. The Kier molecular flexibility index (Phi) is 6.88. The van der Waals surface area contributed by atoms with E-state index in [4.69, 9.17) is 0 Å². The van der Waals surface area contributed by atoms with Crippen LogP contribution in [-0.4, -0.2) is 26.6 Å². The first-order chi connectivity index (χ1) is 13.0. The number of sulfonamides is 1. The molecule has 0 saturated heterocycles. The van der Waals surface area contributed by atoms with Crippen molar-refractivity contribution in [1.29, 1.82) is 0 Å². The number of anilines is 1. The molecule has 2 rings (SSSR count). The molecule has 2 atom stereocenters. The number of nitrogens with one attached hydrogen (secondary N) is 1. The number of rotatable bonds is 7. The minimum atomic E-state index is -3.62. The van der Waals surface area contributed by atoms with E-state index in [-0.39, 0.29) is 11.9 Å². The lowest BCUT2D eigenvalue weighted by Crippen LogP contribution is -2.48. The molecule has 1 N–H and O–H groups in total. The molecule has 0 fully saturated rings. The molecule has 0 heterocycles. The fourth-order valence-corrected chi connectivity index (χ4v) is 4.59. The van der Waals surface area contributed by atoms with Crippen LogP contribution in [0.3, 0.4) is 0 Å². The average Bonchev–Trinajstić information content (AvgIpc) is 2.61. The van der Waals surface area contributed by atoms with Gasteiger partial charge in [-0.3, -0.25) is 9.10 Å². The first-order valence-electron chi connectivity index (χ1n) is 9.50. The molecular weight excluding hydrogens is 372 g/mol. The molecule has 0 spiro atoms. The van der Waals surface area contributed by atoms with Crippen LogP contribution in [0.1, 0.15) is 49.1 Å². The Bertz CT molecular complexity index is 937. The smallest absolute Gasteiger partial charge is 0.244 e. The van der Waals surface area contributed by atoms with Gasteiger partial charge in [-0.1, -0.05) is 42.8 Å². The minimum Gasteiger partial charge on any atom is -0.348 e. The minimum absolute atomic E-state index is 0.223. The second-order valence-corrected chi connectivity index (χ2v) is 9.20. The Morgan fingerprint density at radius 3 is 2.18 bits per heavy atom. The summed E-state index contributed by atoms with van der Waals surface area (Å²) in [5.41, 5.74) is 4.87. The van der Waals surface area contributed by atoms with Gasteiger partial charge in [0.25, 0.3) is 0 Å². The summed E-state index contributed by atoms with van der Waals surface area (Å²) in [5.74, 6) is -0.336. The third kappa shape index (κ3) is 5.13. The highest BCUT2D eigenvalue weighted by molar-refractivity contribution is 7.92. The van der Waals surface area contributed by atoms with E-state index in [0.29, 0.717) is 5.69 Å². The molecule has 0 bridgehead atoms. The van der Waals surface area contributed by atoms with Crippen molar-refractivity contribution in [3.63, 3.8) is 0 Å². The van der Waals surface area contributed by atoms with Crippen LogP contribution in [0.15, 0.2) is 42.5 Å². The van der Waals surface area contributed by atoms with Gasteiger partial charge in [0, 0.05) is 0 Å². The maximum absolute atomic E-state index is 12.9. The first-order valence-corrected chi connectivity index (χ1v) is 11.3. The van der Waals surface area contributed by atoms with Gasteiger partial charge in [-0.05, 0) is 62.9 Å².